The lowest BCUT2D eigenvalue weighted by molar-refractivity contribution is 0.0877. The van der Waals surface area contributed by atoms with Gasteiger partial charge in [-0.2, -0.15) is 4.31 Å². The molecule has 2 rings (SSSR count). The van der Waals surface area contributed by atoms with Crippen LogP contribution in [0.3, 0.4) is 0 Å². The first kappa shape index (κ1) is 25.9. The van der Waals surface area contributed by atoms with Gasteiger partial charge in [0.15, 0.2) is 0 Å². The first-order valence-electron chi connectivity index (χ1n) is 10.6. The molecule has 0 spiro atoms. The summed E-state index contributed by atoms with van der Waals surface area (Å²) in [6, 6.07) is 14.9. The number of benzene rings is 2. The molecular weight excluding hydrogens is 426 g/mol. The van der Waals surface area contributed by atoms with E-state index in [0.717, 1.165) is 22.6 Å². The lowest BCUT2D eigenvalue weighted by Crippen LogP contribution is -2.47. The van der Waals surface area contributed by atoms with Crippen molar-refractivity contribution < 1.29 is 22.6 Å². The number of hydrogen-bond donors (Lipinski definition) is 0. The molecule has 0 aromatic heterocycles. The van der Waals surface area contributed by atoms with E-state index in [4.69, 9.17) is 14.2 Å². The molecule has 0 heterocycles. The van der Waals surface area contributed by atoms with Crippen LogP contribution in [0, 0.1) is 5.92 Å². The maximum atomic E-state index is 14.0. The van der Waals surface area contributed by atoms with E-state index in [0.29, 0.717) is 6.42 Å². The smallest absolute Gasteiger partial charge is 0.220 e. The fourth-order valence-corrected chi connectivity index (χ4v) is 6.07. The highest BCUT2D eigenvalue weighted by atomic mass is 32.2. The monoisotopic (exact) mass is 461 g/mol. The van der Waals surface area contributed by atoms with E-state index in [9.17, 15) is 8.42 Å². The lowest BCUT2D eigenvalue weighted by Gasteiger charge is -2.34. The molecule has 0 fully saturated rings. The van der Waals surface area contributed by atoms with Gasteiger partial charge in [0.05, 0.1) is 20.3 Å². The molecule has 0 saturated heterocycles. The third-order valence-electron chi connectivity index (χ3n) is 5.47. The predicted molar refractivity (Wildman–Crippen MR) is 128 cm³/mol. The van der Waals surface area contributed by atoms with E-state index < -0.39 is 21.4 Å². The third-order valence-corrected chi connectivity index (χ3v) is 7.98. The number of methoxy groups -OCH3 is 3. The Morgan fingerprint density at radius 3 is 1.62 bits per heavy atom. The summed E-state index contributed by atoms with van der Waals surface area (Å²) in [6.45, 7) is 8.08. The van der Waals surface area contributed by atoms with Crippen molar-refractivity contribution in [3.05, 3.63) is 72.3 Å². The number of sulfonamides is 1. The van der Waals surface area contributed by atoms with Crippen molar-refractivity contribution in [2.24, 2.45) is 5.92 Å². The summed E-state index contributed by atoms with van der Waals surface area (Å²) in [7, 11) is 1.03. The minimum Gasteiger partial charge on any atom is -0.497 e. The Morgan fingerprint density at radius 2 is 1.31 bits per heavy atom. The summed E-state index contributed by atoms with van der Waals surface area (Å²) < 4.78 is 45.5. The minimum atomic E-state index is -3.73. The highest BCUT2D eigenvalue weighted by Crippen LogP contribution is 2.28. The molecule has 0 aliphatic rings. The van der Waals surface area contributed by atoms with Gasteiger partial charge in [-0.1, -0.05) is 44.2 Å². The zero-order chi connectivity index (χ0) is 23.7. The van der Waals surface area contributed by atoms with Crippen molar-refractivity contribution in [3.63, 3.8) is 0 Å². The summed E-state index contributed by atoms with van der Waals surface area (Å²) in [5.74, 6) is 1.31. The standard InChI is InChI=1S/C25H35NO5S/c1-7-8-24(31-6)25(19(2)3)32(27,28)26(17-20-9-13-22(29-4)14-10-20)18-21-11-15-23(30-5)16-12-21/h7,9-16,19,24-25H,1,8,17-18H2,2-6H3. The fourth-order valence-electron chi connectivity index (χ4n) is 3.77. The van der Waals surface area contributed by atoms with Crippen LogP contribution in [0.2, 0.25) is 0 Å². The zero-order valence-electron chi connectivity index (χ0n) is 19.7. The summed E-state index contributed by atoms with van der Waals surface area (Å²) in [6.07, 6.45) is 1.68. The van der Waals surface area contributed by atoms with Crippen LogP contribution < -0.4 is 9.47 Å². The van der Waals surface area contributed by atoms with Crippen LogP contribution >= 0.6 is 0 Å². The minimum absolute atomic E-state index is 0.140. The summed E-state index contributed by atoms with van der Waals surface area (Å²) in [4.78, 5) is 0. The van der Waals surface area contributed by atoms with Crippen LogP contribution in [0.1, 0.15) is 31.4 Å². The van der Waals surface area contributed by atoms with Crippen LogP contribution in [-0.4, -0.2) is 45.4 Å². The summed E-state index contributed by atoms with van der Waals surface area (Å²) >= 11 is 0. The van der Waals surface area contributed by atoms with E-state index in [-0.39, 0.29) is 19.0 Å². The lowest BCUT2D eigenvalue weighted by atomic mass is 10.0. The van der Waals surface area contributed by atoms with Gasteiger partial charge in [0.2, 0.25) is 10.0 Å². The van der Waals surface area contributed by atoms with Crippen LogP contribution in [0.15, 0.2) is 61.2 Å². The molecule has 6 nitrogen and oxygen atoms in total. The molecule has 0 saturated carbocycles. The van der Waals surface area contributed by atoms with Crippen molar-refractivity contribution in [2.45, 2.75) is 44.7 Å². The molecule has 0 amide bonds. The molecule has 2 unspecified atom stereocenters. The van der Waals surface area contributed by atoms with E-state index >= 15 is 0 Å². The fraction of sp³-hybridized carbons (Fsp3) is 0.440. The average molecular weight is 462 g/mol. The van der Waals surface area contributed by atoms with Gasteiger partial charge in [-0.25, -0.2) is 8.42 Å². The van der Waals surface area contributed by atoms with E-state index in [1.54, 1.807) is 27.4 Å². The van der Waals surface area contributed by atoms with Crippen LogP contribution in [0.5, 0.6) is 11.5 Å². The second-order valence-electron chi connectivity index (χ2n) is 8.02. The molecule has 0 aliphatic heterocycles. The number of nitrogens with zero attached hydrogens (tertiary/aromatic N) is 1. The number of ether oxygens (including phenoxy) is 3. The van der Waals surface area contributed by atoms with Gasteiger partial charge in [0.1, 0.15) is 16.7 Å². The first-order valence-corrected chi connectivity index (χ1v) is 12.2. The molecule has 0 aliphatic carbocycles. The van der Waals surface area contributed by atoms with Gasteiger partial charge < -0.3 is 14.2 Å². The zero-order valence-corrected chi connectivity index (χ0v) is 20.5. The largest absolute Gasteiger partial charge is 0.497 e. The Labute approximate surface area is 192 Å². The normalized spacial score (nSPS) is 13.7. The molecule has 176 valence electrons. The molecule has 2 aromatic carbocycles. The third kappa shape index (κ3) is 6.58. The van der Waals surface area contributed by atoms with E-state index in [1.807, 2.05) is 62.4 Å². The predicted octanol–water partition coefficient (Wildman–Crippen LogP) is 4.65. The molecule has 7 heteroatoms. The van der Waals surface area contributed by atoms with Crippen molar-refractivity contribution >= 4 is 10.0 Å². The first-order chi connectivity index (χ1) is 15.3. The van der Waals surface area contributed by atoms with Gasteiger partial charge in [-0.15, -0.1) is 6.58 Å². The van der Waals surface area contributed by atoms with Crippen molar-refractivity contribution in [1.29, 1.82) is 0 Å². The highest BCUT2D eigenvalue weighted by molar-refractivity contribution is 7.89. The molecular formula is C25H35NO5S. The second-order valence-corrected chi connectivity index (χ2v) is 10.1. The van der Waals surface area contributed by atoms with Crippen molar-refractivity contribution in [3.8, 4) is 11.5 Å². The van der Waals surface area contributed by atoms with Crippen LogP contribution in [0.4, 0.5) is 0 Å². The molecule has 0 bridgehead atoms. The molecule has 0 N–H and O–H groups in total. The number of hydrogen-bond acceptors (Lipinski definition) is 5. The average Bonchev–Trinajstić information content (AvgIpc) is 2.78. The molecule has 2 atom stereocenters. The van der Waals surface area contributed by atoms with Crippen LogP contribution in [-0.2, 0) is 27.8 Å². The highest BCUT2D eigenvalue weighted by Gasteiger charge is 2.39. The molecule has 32 heavy (non-hydrogen) atoms. The second kappa shape index (κ2) is 12.0. The van der Waals surface area contributed by atoms with Gasteiger partial charge in [0.25, 0.3) is 0 Å². The van der Waals surface area contributed by atoms with Gasteiger partial charge in [-0.3, -0.25) is 0 Å². The Morgan fingerprint density at radius 1 is 0.875 bits per heavy atom. The SMILES string of the molecule is C=CCC(OC)C(C(C)C)S(=O)(=O)N(Cc1ccc(OC)cc1)Cc1ccc(OC)cc1. The summed E-state index contributed by atoms with van der Waals surface area (Å²) in [5, 5.41) is -0.706. The van der Waals surface area contributed by atoms with Gasteiger partial charge in [-0.05, 0) is 47.7 Å². The Bertz CT molecular complexity index is 890. The van der Waals surface area contributed by atoms with Gasteiger partial charge in [0, 0.05) is 20.2 Å². The topological polar surface area (TPSA) is 65.1 Å². The maximum Gasteiger partial charge on any atom is 0.220 e. The quantitative estimate of drug-likeness (QED) is 0.406. The Balaban J connectivity index is 2.45. The molecule has 2 aromatic rings. The van der Waals surface area contributed by atoms with E-state index in [1.165, 1.54) is 4.31 Å². The van der Waals surface area contributed by atoms with Crippen molar-refractivity contribution in [1.82, 2.24) is 4.31 Å². The maximum absolute atomic E-state index is 14.0. The van der Waals surface area contributed by atoms with Crippen molar-refractivity contribution in [2.75, 3.05) is 21.3 Å². The Kier molecular flexibility index (Phi) is 9.75. The van der Waals surface area contributed by atoms with E-state index in [2.05, 4.69) is 6.58 Å². The van der Waals surface area contributed by atoms with Gasteiger partial charge >= 0.3 is 0 Å². The molecule has 0 radical (unpaired) electrons. The summed E-state index contributed by atoms with van der Waals surface area (Å²) in [5.41, 5.74) is 1.76. The Hall–Kier alpha value is -2.35. The van der Waals surface area contributed by atoms with Crippen LogP contribution in [0.25, 0.3) is 0 Å². The number of rotatable bonds is 13.